The molecule has 5 heteroatoms. The molecule has 0 fully saturated rings. The van der Waals surface area contributed by atoms with Crippen LogP contribution < -0.4 is 5.32 Å². The fraction of sp³-hybridized carbons (Fsp3) is 1.00. The van der Waals surface area contributed by atoms with Gasteiger partial charge in [0.2, 0.25) is 0 Å². The van der Waals surface area contributed by atoms with Gasteiger partial charge in [-0.15, -0.1) is 0 Å². The SMILES string of the molecule is CC(C)NC(CO)CCN(C)CC(F)F. The highest BCUT2D eigenvalue weighted by molar-refractivity contribution is 4.69. The topological polar surface area (TPSA) is 35.5 Å². The van der Waals surface area contributed by atoms with Gasteiger partial charge in [-0.25, -0.2) is 8.78 Å². The van der Waals surface area contributed by atoms with Crippen LogP contribution in [-0.2, 0) is 0 Å². The van der Waals surface area contributed by atoms with E-state index in [-0.39, 0.29) is 19.2 Å². The minimum absolute atomic E-state index is 0.00915. The lowest BCUT2D eigenvalue weighted by Gasteiger charge is -2.22. The molecule has 0 aromatic carbocycles. The summed E-state index contributed by atoms with van der Waals surface area (Å²) in [5, 5.41) is 12.2. The molecule has 0 rings (SSSR count). The number of aliphatic hydroxyl groups excluding tert-OH is 1. The number of hydrogen-bond acceptors (Lipinski definition) is 3. The molecule has 0 bridgehead atoms. The average molecular weight is 224 g/mol. The van der Waals surface area contributed by atoms with E-state index in [1.54, 1.807) is 11.9 Å². The average Bonchev–Trinajstić information content (AvgIpc) is 2.10. The van der Waals surface area contributed by atoms with Crippen LogP contribution in [0.4, 0.5) is 8.78 Å². The molecule has 0 aromatic rings. The Bertz CT molecular complexity index is 156. The van der Waals surface area contributed by atoms with Gasteiger partial charge in [0.25, 0.3) is 6.43 Å². The number of alkyl halides is 2. The Morgan fingerprint density at radius 2 is 1.93 bits per heavy atom. The lowest BCUT2D eigenvalue weighted by Crippen LogP contribution is -2.40. The van der Waals surface area contributed by atoms with E-state index >= 15 is 0 Å². The zero-order valence-corrected chi connectivity index (χ0v) is 9.71. The lowest BCUT2D eigenvalue weighted by molar-refractivity contribution is 0.0964. The van der Waals surface area contributed by atoms with Crippen molar-refractivity contribution in [3.05, 3.63) is 0 Å². The summed E-state index contributed by atoms with van der Waals surface area (Å²) < 4.78 is 24.0. The zero-order chi connectivity index (χ0) is 11.8. The van der Waals surface area contributed by atoms with E-state index in [2.05, 4.69) is 5.32 Å². The summed E-state index contributed by atoms with van der Waals surface area (Å²) in [7, 11) is 1.66. The molecular formula is C10H22F2N2O. The Kier molecular flexibility index (Phi) is 7.82. The van der Waals surface area contributed by atoms with E-state index in [1.165, 1.54) is 0 Å². The molecule has 0 saturated carbocycles. The molecule has 92 valence electrons. The van der Waals surface area contributed by atoms with Crippen LogP contribution in [0, 0.1) is 0 Å². The van der Waals surface area contributed by atoms with Crippen molar-refractivity contribution in [3.8, 4) is 0 Å². The van der Waals surface area contributed by atoms with Gasteiger partial charge >= 0.3 is 0 Å². The summed E-state index contributed by atoms with van der Waals surface area (Å²) in [4.78, 5) is 1.58. The van der Waals surface area contributed by atoms with E-state index in [4.69, 9.17) is 5.11 Å². The quantitative estimate of drug-likeness (QED) is 0.644. The van der Waals surface area contributed by atoms with Crippen LogP contribution in [0.3, 0.4) is 0 Å². The van der Waals surface area contributed by atoms with E-state index in [0.29, 0.717) is 19.0 Å². The van der Waals surface area contributed by atoms with Crippen LogP contribution in [0.15, 0.2) is 0 Å². The lowest BCUT2D eigenvalue weighted by atomic mass is 10.2. The molecule has 0 heterocycles. The van der Waals surface area contributed by atoms with Crippen LogP contribution in [0.2, 0.25) is 0 Å². The van der Waals surface area contributed by atoms with Crippen LogP contribution in [0.25, 0.3) is 0 Å². The van der Waals surface area contributed by atoms with Crippen molar-refractivity contribution < 1.29 is 13.9 Å². The monoisotopic (exact) mass is 224 g/mol. The second-order valence-electron chi connectivity index (χ2n) is 4.14. The summed E-state index contributed by atoms with van der Waals surface area (Å²) in [5.41, 5.74) is 0. The molecule has 0 radical (unpaired) electrons. The minimum Gasteiger partial charge on any atom is -0.395 e. The van der Waals surface area contributed by atoms with E-state index in [9.17, 15) is 8.78 Å². The number of nitrogens with one attached hydrogen (secondary N) is 1. The number of nitrogens with zero attached hydrogens (tertiary/aromatic N) is 1. The Morgan fingerprint density at radius 1 is 1.33 bits per heavy atom. The molecule has 2 N–H and O–H groups in total. The molecule has 0 aliphatic carbocycles. The second-order valence-corrected chi connectivity index (χ2v) is 4.14. The highest BCUT2D eigenvalue weighted by Crippen LogP contribution is 1.99. The number of rotatable bonds is 8. The van der Waals surface area contributed by atoms with E-state index in [0.717, 1.165) is 0 Å². The Labute approximate surface area is 90.5 Å². The third-order valence-electron chi connectivity index (χ3n) is 2.10. The highest BCUT2D eigenvalue weighted by atomic mass is 19.3. The molecule has 0 spiro atoms. The largest absolute Gasteiger partial charge is 0.395 e. The van der Waals surface area contributed by atoms with Gasteiger partial charge in [0.1, 0.15) is 0 Å². The van der Waals surface area contributed by atoms with Gasteiger partial charge in [-0.3, -0.25) is 0 Å². The first-order chi connectivity index (χ1) is 6.95. The van der Waals surface area contributed by atoms with Crippen molar-refractivity contribution >= 4 is 0 Å². The first-order valence-electron chi connectivity index (χ1n) is 5.29. The van der Waals surface area contributed by atoms with Crippen LogP contribution in [-0.4, -0.2) is 55.3 Å². The summed E-state index contributed by atoms with van der Waals surface area (Å²) in [6, 6.07) is 0.285. The van der Waals surface area contributed by atoms with Crippen molar-refractivity contribution in [1.82, 2.24) is 10.2 Å². The standard InChI is InChI=1S/C10H22F2N2O/c1-8(2)13-9(7-15)4-5-14(3)6-10(11)12/h8-10,13,15H,4-7H2,1-3H3. The van der Waals surface area contributed by atoms with Gasteiger partial charge in [-0.1, -0.05) is 13.8 Å². The Hall–Kier alpha value is -0.260. The fourth-order valence-electron chi connectivity index (χ4n) is 1.40. The van der Waals surface area contributed by atoms with Gasteiger partial charge in [0, 0.05) is 12.1 Å². The smallest absolute Gasteiger partial charge is 0.251 e. The van der Waals surface area contributed by atoms with Gasteiger partial charge in [-0.2, -0.15) is 0 Å². The van der Waals surface area contributed by atoms with Crippen LogP contribution in [0.5, 0.6) is 0 Å². The van der Waals surface area contributed by atoms with Crippen molar-refractivity contribution in [2.24, 2.45) is 0 Å². The van der Waals surface area contributed by atoms with Gasteiger partial charge < -0.3 is 15.3 Å². The van der Waals surface area contributed by atoms with Crippen molar-refractivity contribution in [3.63, 3.8) is 0 Å². The summed E-state index contributed by atoms with van der Waals surface area (Å²) in [5.74, 6) is 0. The maximum absolute atomic E-state index is 12.0. The minimum atomic E-state index is -2.29. The third-order valence-corrected chi connectivity index (χ3v) is 2.10. The molecule has 3 nitrogen and oxygen atoms in total. The fourth-order valence-corrected chi connectivity index (χ4v) is 1.40. The summed E-state index contributed by atoms with van der Waals surface area (Å²) >= 11 is 0. The molecule has 15 heavy (non-hydrogen) atoms. The predicted octanol–water partition coefficient (Wildman–Crippen LogP) is 0.932. The molecular weight excluding hydrogens is 202 g/mol. The Morgan fingerprint density at radius 3 is 2.33 bits per heavy atom. The predicted molar refractivity (Wildman–Crippen MR) is 57.3 cm³/mol. The van der Waals surface area contributed by atoms with Crippen LogP contribution in [0.1, 0.15) is 20.3 Å². The van der Waals surface area contributed by atoms with E-state index < -0.39 is 6.43 Å². The third kappa shape index (κ3) is 8.72. The maximum atomic E-state index is 12.0. The second kappa shape index (κ2) is 7.96. The molecule has 0 aliphatic heterocycles. The molecule has 0 saturated heterocycles. The summed E-state index contributed by atoms with van der Waals surface area (Å²) in [6.07, 6.45) is -1.61. The highest BCUT2D eigenvalue weighted by Gasteiger charge is 2.12. The number of aliphatic hydroxyl groups is 1. The molecule has 1 atom stereocenters. The van der Waals surface area contributed by atoms with Crippen LogP contribution >= 0.6 is 0 Å². The van der Waals surface area contributed by atoms with Gasteiger partial charge in [0.05, 0.1) is 13.2 Å². The zero-order valence-electron chi connectivity index (χ0n) is 9.71. The van der Waals surface area contributed by atoms with Crippen molar-refractivity contribution in [2.45, 2.75) is 38.8 Å². The Balaban J connectivity index is 3.69. The first-order valence-corrected chi connectivity index (χ1v) is 5.29. The normalized spacial score (nSPS) is 14.2. The first kappa shape index (κ1) is 14.7. The molecule has 0 aromatic heterocycles. The molecule has 0 aliphatic rings. The number of halogens is 2. The summed E-state index contributed by atoms with van der Waals surface area (Å²) in [6.45, 7) is 4.38. The molecule has 1 unspecified atom stereocenters. The van der Waals surface area contributed by atoms with Gasteiger partial charge in [-0.05, 0) is 20.0 Å². The number of hydrogen-bond donors (Lipinski definition) is 2. The van der Waals surface area contributed by atoms with E-state index in [1.807, 2.05) is 13.8 Å². The van der Waals surface area contributed by atoms with Crippen molar-refractivity contribution in [1.29, 1.82) is 0 Å². The molecule has 0 amide bonds. The van der Waals surface area contributed by atoms with Crippen molar-refractivity contribution in [2.75, 3.05) is 26.7 Å². The van der Waals surface area contributed by atoms with Gasteiger partial charge in [0.15, 0.2) is 0 Å². The maximum Gasteiger partial charge on any atom is 0.251 e.